The van der Waals surface area contributed by atoms with E-state index in [0.717, 1.165) is 6.08 Å². The summed E-state index contributed by atoms with van der Waals surface area (Å²) < 4.78 is 74.1. The summed E-state index contributed by atoms with van der Waals surface area (Å²) in [4.78, 5) is 0. The second-order valence-corrected chi connectivity index (χ2v) is 3.57. The third kappa shape index (κ3) is 3.57. The highest BCUT2D eigenvalue weighted by molar-refractivity contribution is 5.30. The van der Waals surface area contributed by atoms with Crippen LogP contribution in [0.15, 0.2) is 23.3 Å². The van der Waals surface area contributed by atoms with Crippen molar-refractivity contribution in [2.75, 3.05) is 0 Å². The molecule has 0 unspecified atom stereocenters. The first-order valence-electron chi connectivity index (χ1n) is 4.76. The molecule has 0 bridgehead atoms. The lowest BCUT2D eigenvalue weighted by atomic mass is 9.99. The maximum absolute atomic E-state index is 12.4. The highest BCUT2D eigenvalue weighted by Gasteiger charge is 2.38. The number of hydrogen-bond acceptors (Lipinski definition) is 0. The van der Waals surface area contributed by atoms with Gasteiger partial charge in [-0.05, 0) is 31.8 Å². The first kappa shape index (κ1) is 13.1. The van der Waals surface area contributed by atoms with Crippen LogP contribution in [0.3, 0.4) is 0 Å². The molecule has 0 nitrogen and oxygen atoms in total. The molecule has 0 fully saturated rings. The topological polar surface area (TPSA) is 0 Å². The van der Waals surface area contributed by atoms with E-state index in [9.17, 15) is 26.3 Å². The minimum Gasteiger partial charge on any atom is -0.166 e. The lowest BCUT2D eigenvalue weighted by molar-refractivity contribution is -0.0978. The molecule has 0 heterocycles. The Balaban J connectivity index is 3.06. The summed E-state index contributed by atoms with van der Waals surface area (Å²) in [6, 6.07) is 0. The van der Waals surface area contributed by atoms with E-state index >= 15 is 0 Å². The summed E-state index contributed by atoms with van der Waals surface area (Å²) in [5, 5.41) is 0. The molecule has 92 valence electrons. The molecular weight excluding hydrogens is 234 g/mol. The largest absolute Gasteiger partial charge is 0.416 e. The fraction of sp³-hybridized carbons (Fsp3) is 0.600. The zero-order valence-electron chi connectivity index (χ0n) is 8.25. The van der Waals surface area contributed by atoms with Gasteiger partial charge in [0.15, 0.2) is 0 Å². The first-order chi connectivity index (χ1) is 7.21. The molecule has 0 radical (unpaired) electrons. The van der Waals surface area contributed by atoms with Crippen LogP contribution in [-0.2, 0) is 0 Å². The van der Waals surface area contributed by atoms with Crippen LogP contribution in [0.2, 0.25) is 0 Å². The highest BCUT2D eigenvalue weighted by Crippen LogP contribution is 2.36. The molecule has 0 spiro atoms. The van der Waals surface area contributed by atoms with E-state index in [0.29, 0.717) is 6.42 Å². The second kappa shape index (κ2) is 4.51. The Labute approximate surface area is 88.6 Å². The molecule has 6 heteroatoms. The Morgan fingerprint density at radius 3 is 2.00 bits per heavy atom. The van der Waals surface area contributed by atoms with Crippen molar-refractivity contribution < 1.29 is 26.3 Å². The van der Waals surface area contributed by atoms with E-state index in [1.807, 2.05) is 0 Å². The van der Waals surface area contributed by atoms with Crippen LogP contribution in [0.5, 0.6) is 0 Å². The number of rotatable bonds is 0. The Bertz CT molecular complexity index is 304. The molecule has 0 atom stereocenters. The molecule has 0 aliphatic heterocycles. The molecule has 16 heavy (non-hydrogen) atoms. The van der Waals surface area contributed by atoms with Gasteiger partial charge < -0.3 is 0 Å². The first-order valence-corrected chi connectivity index (χ1v) is 4.76. The van der Waals surface area contributed by atoms with Gasteiger partial charge in [-0.1, -0.05) is 6.08 Å². The normalized spacial score (nSPS) is 19.6. The molecule has 0 N–H and O–H groups in total. The van der Waals surface area contributed by atoms with Gasteiger partial charge in [-0.3, -0.25) is 0 Å². The molecule has 0 aromatic rings. The van der Waals surface area contributed by atoms with Gasteiger partial charge in [-0.2, -0.15) is 26.3 Å². The van der Waals surface area contributed by atoms with Crippen molar-refractivity contribution in [2.45, 2.75) is 38.0 Å². The minimum atomic E-state index is -4.71. The van der Waals surface area contributed by atoms with Crippen LogP contribution >= 0.6 is 0 Å². The fourth-order valence-electron chi connectivity index (χ4n) is 1.46. The number of allylic oxidation sites excluding steroid dienone is 4. The van der Waals surface area contributed by atoms with Crippen LogP contribution in [0, 0.1) is 0 Å². The lowest BCUT2D eigenvalue weighted by Crippen LogP contribution is -2.17. The van der Waals surface area contributed by atoms with Crippen LogP contribution < -0.4 is 0 Å². The summed E-state index contributed by atoms with van der Waals surface area (Å²) in [6.45, 7) is 0. The van der Waals surface area contributed by atoms with Gasteiger partial charge in [0.1, 0.15) is 0 Å². The van der Waals surface area contributed by atoms with Gasteiger partial charge in [0.05, 0.1) is 5.57 Å². The van der Waals surface area contributed by atoms with Crippen molar-refractivity contribution in [1.29, 1.82) is 0 Å². The van der Waals surface area contributed by atoms with Crippen molar-refractivity contribution >= 4 is 0 Å². The minimum absolute atomic E-state index is 0.163. The van der Waals surface area contributed by atoms with Crippen LogP contribution in [-0.4, -0.2) is 12.4 Å². The zero-order valence-corrected chi connectivity index (χ0v) is 8.25. The molecule has 1 rings (SSSR count). The van der Waals surface area contributed by atoms with Gasteiger partial charge in [0.25, 0.3) is 0 Å². The van der Waals surface area contributed by atoms with Crippen LogP contribution in [0.1, 0.15) is 25.7 Å². The Morgan fingerprint density at radius 1 is 0.875 bits per heavy atom. The van der Waals surface area contributed by atoms with E-state index in [2.05, 4.69) is 0 Å². The number of alkyl halides is 6. The Morgan fingerprint density at radius 2 is 1.50 bits per heavy atom. The standard InChI is InChI=1S/C10H10F6/c11-9(12,13)7-4-2-1-3-5-8(6-7)10(14,15)16/h4,6H,1-3,5H2. The molecule has 1 aliphatic carbocycles. The lowest BCUT2D eigenvalue weighted by Gasteiger charge is -2.16. The summed E-state index contributed by atoms with van der Waals surface area (Å²) in [6.07, 6.45) is -7.94. The molecule has 0 amide bonds. The third-order valence-corrected chi connectivity index (χ3v) is 2.29. The molecule has 0 aromatic carbocycles. The van der Waals surface area contributed by atoms with Gasteiger partial charge in [0.2, 0.25) is 0 Å². The fourth-order valence-corrected chi connectivity index (χ4v) is 1.46. The predicted molar refractivity (Wildman–Crippen MR) is 46.7 cm³/mol. The molecule has 0 saturated heterocycles. The van der Waals surface area contributed by atoms with Crippen molar-refractivity contribution in [3.63, 3.8) is 0 Å². The van der Waals surface area contributed by atoms with E-state index in [1.165, 1.54) is 0 Å². The summed E-state index contributed by atoms with van der Waals surface area (Å²) in [5.41, 5.74) is -2.30. The maximum Gasteiger partial charge on any atom is 0.416 e. The third-order valence-electron chi connectivity index (χ3n) is 2.29. The maximum atomic E-state index is 12.4. The van der Waals surface area contributed by atoms with Crippen LogP contribution in [0.4, 0.5) is 26.3 Å². The van der Waals surface area contributed by atoms with Gasteiger partial charge in [0, 0.05) is 5.57 Å². The molecular formula is C10H10F6. The average molecular weight is 244 g/mol. The Hall–Kier alpha value is -0.940. The molecule has 0 aromatic heterocycles. The van der Waals surface area contributed by atoms with E-state index in [1.54, 1.807) is 0 Å². The van der Waals surface area contributed by atoms with E-state index in [4.69, 9.17) is 0 Å². The highest BCUT2D eigenvalue weighted by atomic mass is 19.4. The van der Waals surface area contributed by atoms with Gasteiger partial charge in [-0.15, -0.1) is 0 Å². The summed E-state index contributed by atoms with van der Waals surface area (Å²) >= 11 is 0. The summed E-state index contributed by atoms with van der Waals surface area (Å²) in [7, 11) is 0. The Kier molecular flexibility index (Phi) is 3.70. The van der Waals surface area contributed by atoms with Gasteiger partial charge >= 0.3 is 12.4 Å². The number of hydrogen-bond donors (Lipinski definition) is 0. The van der Waals surface area contributed by atoms with Gasteiger partial charge in [-0.25, -0.2) is 0 Å². The van der Waals surface area contributed by atoms with E-state index in [-0.39, 0.29) is 25.3 Å². The second-order valence-electron chi connectivity index (χ2n) is 3.57. The summed E-state index contributed by atoms with van der Waals surface area (Å²) in [5.74, 6) is 0. The monoisotopic (exact) mass is 244 g/mol. The SMILES string of the molecule is FC(F)(F)C1=CCCCCC(C(F)(F)F)=C1. The van der Waals surface area contributed by atoms with Crippen molar-refractivity contribution in [2.24, 2.45) is 0 Å². The predicted octanol–water partition coefficient (Wildman–Crippen LogP) is 4.54. The molecule has 0 saturated carbocycles. The average Bonchev–Trinajstić information content (AvgIpc) is 1.96. The van der Waals surface area contributed by atoms with E-state index < -0.39 is 23.5 Å². The van der Waals surface area contributed by atoms with Crippen molar-refractivity contribution in [1.82, 2.24) is 0 Å². The van der Waals surface area contributed by atoms with Crippen LogP contribution in [0.25, 0.3) is 0 Å². The van der Waals surface area contributed by atoms with Crippen molar-refractivity contribution in [3.05, 3.63) is 23.3 Å². The smallest absolute Gasteiger partial charge is 0.166 e. The number of halogens is 6. The zero-order chi connectivity index (χ0) is 12.4. The van der Waals surface area contributed by atoms with Crippen molar-refractivity contribution in [3.8, 4) is 0 Å². The molecule has 1 aliphatic rings. The quantitative estimate of drug-likeness (QED) is 0.549.